The minimum atomic E-state index is -1.08. The van der Waals surface area contributed by atoms with Gasteiger partial charge in [-0.15, -0.1) is 0 Å². The third-order valence-corrected chi connectivity index (χ3v) is 4.52. The molecule has 0 saturated carbocycles. The minimum absolute atomic E-state index is 0.0772. The summed E-state index contributed by atoms with van der Waals surface area (Å²) in [6.45, 7) is 3.57. The van der Waals surface area contributed by atoms with Crippen molar-refractivity contribution in [1.82, 2.24) is 0 Å². The first-order chi connectivity index (χ1) is 13.9. The van der Waals surface area contributed by atoms with E-state index in [4.69, 9.17) is 4.74 Å². The molecule has 150 valence electrons. The van der Waals surface area contributed by atoms with Crippen LogP contribution in [0.25, 0.3) is 23.3 Å². The zero-order valence-electron chi connectivity index (χ0n) is 16.1. The average Bonchev–Trinajstić information content (AvgIpc) is 2.71. The van der Waals surface area contributed by atoms with Gasteiger partial charge in [0.05, 0.1) is 12.7 Å². The van der Waals surface area contributed by atoms with Crippen LogP contribution in [-0.4, -0.2) is 11.7 Å². The Balaban J connectivity index is 1.79. The van der Waals surface area contributed by atoms with Gasteiger partial charge in [0.1, 0.15) is 0 Å². The van der Waals surface area contributed by atoms with Crippen molar-refractivity contribution >= 4 is 12.2 Å². The smallest absolute Gasteiger partial charge is 0.166 e. The molecular formula is C24H21F3O2. The summed E-state index contributed by atoms with van der Waals surface area (Å²) in [5.41, 5.74) is 2.32. The maximum absolute atomic E-state index is 14.2. The van der Waals surface area contributed by atoms with E-state index in [-0.39, 0.29) is 16.9 Å². The molecule has 3 aromatic rings. The molecule has 3 rings (SSSR count). The van der Waals surface area contributed by atoms with Gasteiger partial charge in [0.25, 0.3) is 0 Å². The van der Waals surface area contributed by atoms with E-state index >= 15 is 0 Å². The summed E-state index contributed by atoms with van der Waals surface area (Å²) >= 11 is 0. The molecule has 0 saturated heterocycles. The molecule has 3 aromatic carbocycles. The minimum Gasteiger partial charge on any atom is -0.491 e. The second kappa shape index (κ2) is 8.97. The monoisotopic (exact) mass is 398 g/mol. The first-order valence-corrected chi connectivity index (χ1v) is 9.27. The third kappa shape index (κ3) is 4.69. The van der Waals surface area contributed by atoms with Gasteiger partial charge in [-0.25, -0.2) is 13.2 Å². The van der Waals surface area contributed by atoms with Gasteiger partial charge in [-0.3, -0.25) is 0 Å². The van der Waals surface area contributed by atoms with E-state index in [2.05, 4.69) is 0 Å². The van der Waals surface area contributed by atoms with Gasteiger partial charge >= 0.3 is 0 Å². The van der Waals surface area contributed by atoms with E-state index in [1.54, 1.807) is 37.3 Å². The lowest BCUT2D eigenvalue weighted by Gasteiger charge is -2.08. The van der Waals surface area contributed by atoms with E-state index in [0.717, 1.165) is 11.1 Å². The number of halogens is 3. The molecule has 0 radical (unpaired) electrons. The first kappa shape index (κ1) is 20.7. The van der Waals surface area contributed by atoms with Crippen molar-refractivity contribution in [2.75, 3.05) is 6.61 Å². The highest BCUT2D eigenvalue weighted by molar-refractivity contribution is 5.72. The van der Waals surface area contributed by atoms with Gasteiger partial charge in [0.15, 0.2) is 23.2 Å². The van der Waals surface area contributed by atoms with E-state index in [9.17, 15) is 18.3 Å². The number of hydrogen-bond acceptors (Lipinski definition) is 2. The topological polar surface area (TPSA) is 29.5 Å². The highest BCUT2D eigenvalue weighted by Gasteiger charge is 2.15. The molecule has 0 heterocycles. The quantitative estimate of drug-likeness (QED) is 0.487. The number of benzene rings is 3. The fourth-order valence-corrected chi connectivity index (χ4v) is 2.96. The van der Waals surface area contributed by atoms with Gasteiger partial charge in [-0.2, -0.15) is 0 Å². The summed E-state index contributed by atoms with van der Waals surface area (Å²) in [6.07, 6.45) is 2.04. The first-order valence-electron chi connectivity index (χ1n) is 9.27. The Kier molecular flexibility index (Phi) is 6.39. The predicted molar refractivity (Wildman–Crippen MR) is 109 cm³/mol. The van der Waals surface area contributed by atoms with Crippen LogP contribution in [0.2, 0.25) is 0 Å². The van der Waals surface area contributed by atoms with E-state index in [1.165, 1.54) is 31.2 Å². The Bertz CT molecular complexity index is 1030. The second-order valence-electron chi connectivity index (χ2n) is 6.58. The van der Waals surface area contributed by atoms with Gasteiger partial charge in [-0.05, 0) is 42.7 Å². The molecule has 0 fully saturated rings. The van der Waals surface area contributed by atoms with Crippen LogP contribution in [-0.2, 0) is 0 Å². The lowest BCUT2D eigenvalue weighted by Crippen LogP contribution is -2.00. The summed E-state index contributed by atoms with van der Waals surface area (Å²) in [6, 6.07) is 14.8. The molecule has 1 N–H and O–H groups in total. The van der Waals surface area contributed by atoms with E-state index in [1.807, 2.05) is 12.1 Å². The summed E-state index contributed by atoms with van der Waals surface area (Å²) in [7, 11) is 0. The molecule has 0 aliphatic heterocycles. The van der Waals surface area contributed by atoms with Crippen LogP contribution in [0.15, 0.2) is 54.6 Å². The molecule has 5 heteroatoms. The van der Waals surface area contributed by atoms with Crippen LogP contribution < -0.4 is 4.74 Å². The largest absolute Gasteiger partial charge is 0.491 e. The Morgan fingerprint density at radius 3 is 2.21 bits per heavy atom. The number of hydrogen-bond donors (Lipinski definition) is 1. The molecule has 29 heavy (non-hydrogen) atoms. The normalized spacial score (nSPS) is 12.3. The van der Waals surface area contributed by atoms with Crippen LogP contribution in [0.5, 0.6) is 5.75 Å². The fourth-order valence-electron chi connectivity index (χ4n) is 2.96. The maximum Gasteiger partial charge on any atom is 0.166 e. The number of rotatable bonds is 6. The van der Waals surface area contributed by atoms with Crippen molar-refractivity contribution < 1.29 is 23.0 Å². The zero-order valence-corrected chi connectivity index (χ0v) is 16.1. The lowest BCUT2D eigenvalue weighted by molar-refractivity contribution is 0.192. The van der Waals surface area contributed by atoms with Crippen LogP contribution >= 0.6 is 0 Å². The highest BCUT2D eigenvalue weighted by atomic mass is 19.2. The SMILES string of the molecule is CCOc1ccc(-c2ccc(/C=C/c3ccc(C(C)O)c(F)c3F)cc2)cc1F. The molecule has 2 nitrogen and oxygen atoms in total. The van der Waals surface area contributed by atoms with Crippen molar-refractivity contribution in [1.29, 1.82) is 0 Å². The molecule has 1 atom stereocenters. The van der Waals surface area contributed by atoms with Gasteiger partial charge < -0.3 is 9.84 Å². The predicted octanol–water partition coefficient (Wildman–Crippen LogP) is 6.39. The van der Waals surface area contributed by atoms with Gasteiger partial charge in [-0.1, -0.05) is 54.6 Å². The third-order valence-electron chi connectivity index (χ3n) is 4.52. The summed E-state index contributed by atoms with van der Waals surface area (Å²) < 4.78 is 47.4. The van der Waals surface area contributed by atoms with Crippen molar-refractivity contribution in [3.05, 3.63) is 88.7 Å². The summed E-state index contributed by atoms with van der Waals surface area (Å²) in [5.74, 6) is -2.26. The molecule has 0 aromatic heterocycles. The van der Waals surface area contributed by atoms with Crippen molar-refractivity contribution in [3.8, 4) is 16.9 Å². The van der Waals surface area contributed by atoms with Crippen molar-refractivity contribution in [2.24, 2.45) is 0 Å². The van der Waals surface area contributed by atoms with Crippen LogP contribution in [0.4, 0.5) is 13.2 Å². The molecule has 0 bridgehead atoms. The van der Waals surface area contributed by atoms with Crippen molar-refractivity contribution in [3.63, 3.8) is 0 Å². The maximum atomic E-state index is 14.2. The Morgan fingerprint density at radius 2 is 1.59 bits per heavy atom. The standard InChI is InChI=1S/C24H21F3O2/c1-3-29-22-13-11-19(14-21(22)25)17-7-4-16(5-8-17)6-9-18-10-12-20(15(2)28)24(27)23(18)26/h4-15,28H,3H2,1-2H3/b9-6+. The zero-order chi connectivity index (χ0) is 21.0. The second-order valence-corrected chi connectivity index (χ2v) is 6.58. The molecular weight excluding hydrogens is 377 g/mol. The van der Waals surface area contributed by atoms with Crippen LogP contribution in [0.3, 0.4) is 0 Å². The van der Waals surface area contributed by atoms with Crippen molar-refractivity contribution in [2.45, 2.75) is 20.0 Å². The fraction of sp³-hybridized carbons (Fsp3) is 0.167. The lowest BCUT2D eigenvalue weighted by atomic mass is 10.0. The Hall–Kier alpha value is -3.05. The van der Waals surface area contributed by atoms with Crippen LogP contribution in [0.1, 0.15) is 36.6 Å². The Labute approximate surface area is 167 Å². The number of ether oxygens (including phenoxy) is 1. The van der Waals surface area contributed by atoms with Crippen LogP contribution in [0, 0.1) is 17.5 Å². The van der Waals surface area contributed by atoms with E-state index in [0.29, 0.717) is 12.2 Å². The van der Waals surface area contributed by atoms with Gasteiger partial charge in [0, 0.05) is 11.1 Å². The molecule has 0 spiro atoms. The molecule has 0 amide bonds. The summed E-state index contributed by atoms with van der Waals surface area (Å²) in [5, 5.41) is 9.45. The average molecular weight is 398 g/mol. The summed E-state index contributed by atoms with van der Waals surface area (Å²) in [4.78, 5) is 0. The Morgan fingerprint density at radius 1 is 0.897 bits per heavy atom. The van der Waals surface area contributed by atoms with Gasteiger partial charge in [0.2, 0.25) is 0 Å². The highest BCUT2D eigenvalue weighted by Crippen LogP contribution is 2.27. The molecule has 0 aliphatic rings. The number of aliphatic hydroxyl groups excluding tert-OH is 1. The molecule has 0 aliphatic carbocycles. The van der Waals surface area contributed by atoms with E-state index < -0.39 is 23.6 Å². The molecule has 1 unspecified atom stereocenters. The number of aliphatic hydroxyl groups is 1.